The molecule has 1 heterocycles. The lowest BCUT2D eigenvalue weighted by Gasteiger charge is -2.17. The maximum atomic E-state index is 13.3. The van der Waals surface area contributed by atoms with Crippen LogP contribution in [0.5, 0.6) is 5.75 Å². The van der Waals surface area contributed by atoms with Gasteiger partial charge < -0.3 is 9.84 Å². The van der Waals surface area contributed by atoms with E-state index in [2.05, 4.69) is 15.9 Å². The van der Waals surface area contributed by atoms with Crippen molar-refractivity contribution in [2.75, 3.05) is 6.61 Å². The Hall–Kier alpha value is -1.36. The predicted octanol–water partition coefficient (Wildman–Crippen LogP) is 2.45. The Morgan fingerprint density at radius 1 is 1.53 bits per heavy atom. The van der Waals surface area contributed by atoms with Crippen LogP contribution in [-0.4, -0.2) is 17.7 Å². The molecule has 0 radical (unpaired) electrons. The molecule has 78 valence electrons. The number of fused-ring (bicyclic) bond motifs is 1. The third-order valence-electron chi connectivity index (χ3n) is 2.06. The summed E-state index contributed by atoms with van der Waals surface area (Å²) in [5.74, 6) is -1.24. The van der Waals surface area contributed by atoms with Gasteiger partial charge >= 0.3 is 5.97 Å². The third kappa shape index (κ3) is 1.74. The Kier molecular flexibility index (Phi) is 2.48. The second kappa shape index (κ2) is 3.66. The molecular weight excluding hydrogens is 267 g/mol. The first-order valence-corrected chi connectivity index (χ1v) is 4.93. The first kappa shape index (κ1) is 10.2. The average molecular weight is 273 g/mol. The Morgan fingerprint density at radius 2 is 2.27 bits per heavy atom. The monoisotopic (exact) mass is 272 g/mol. The van der Waals surface area contributed by atoms with Gasteiger partial charge in [0.2, 0.25) is 0 Å². The molecule has 0 aromatic heterocycles. The molecule has 0 unspecified atom stereocenters. The third-order valence-corrected chi connectivity index (χ3v) is 2.68. The number of hydrogen-bond donors (Lipinski definition) is 1. The van der Waals surface area contributed by atoms with E-state index in [1.807, 2.05) is 0 Å². The highest BCUT2D eigenvalue weighted by Gasteiger charge is 2.21. The Bertz CT molecular complexity index is 468. The smallest absolute Gasteiger partial charge is 0.335 e. The van der Waals surface area contributed by atoms with E-state index in [1.165, 1.54) is 18.2 Å². The first-order valence-electron chi connectivity index (χ1n) is 4.14. The highest BCUT2D eigenvalue weighted by Crippen LogP contribution is 2.35. The van der Waals surface area contributed by atoms with Crippen LogP contribution >= 0.6 is 15.9 Å². The average Bonchev–Trinajstić information content (AvgIpc) is 2.23. The topological polar surface area (TPSA) is 46.5 Å². The number of carbonyl (C=O) groups is 1. The van der Waals surface area contributed by atoms with Crippen LogP contribution in [0.3, 0.4) is 0 Å². The largest absolute Gasteiger partial charge is 0.487 e. The summed E-state index contributed by atoms with van der Waals surface area (Å²) < 4.78 is 19.1. The Morgan fingerprint density at radius 3 is 2.93 bits per heavy atom. The van der Waals surface area contributed by atoms with E-state index in [0.29, 0.717) is 10.2 Å². The fourth-order valence-corrected chi connectivity index (χ4v) is 1.78. The van der Waals surface area contributed by atoms with Crippen molar-refractivity contribution in [3.05, 3.63) is 33.6 Å². The molecule has 0 saturated heterocycles. The van der Waals surface area contributed by atoms with Gasteiger partial charge in [-0.05, 0) is 34.1 Å². The van der Waals surface area contributed by atoms with Crippen molar-refractivity contribution in [1.29, 1.82) is 0 Å². The van der Waals surface area contributed by atoms with Crippen molar-refractivity contribution in [3.8, 4) is 5.75 Å². The maximum absolute atomic E-state index is 13.3. The molecule has 0 bridgehead atoms. The molecule has 1 aliphatic rings. The SMILES string of the molecule is O=C(O)C1=Cc2c(F)ccc(Br)c2OC1. The van der Waals surface area contributed by atoms with Gasteiger partial charge in [0.15, 0.2) is 0 Å². The van der Waals surface area contributed by atoms with Crippen LogP contribution in [0, 0.1) is 5.82 Å². The maximum Gasteiger partial charge on any atom is 0.335 e. The molecule has 3 nitrogen and oxygen atoms in total. The van der Waals surface area contributed by atoms with Gasteiger partial charge in [-0.2, -0.15) is 0 Å². The highest BCUT2D eigenvalue weighted by atomic mass is 79.9. The van der Waals surface area contributed by atoms with Crippen LogP contribution in [-0.2, 0) is 4.79 Å². The molecule has 1 aliphatic heterocycles. The minimum Gasteiger partial charge on any atom is -0.487 e. The molecule has 15 heavy (non-hydrogen) atoms. The quantitative estimate of drug-likeness (QED) is 0.854. The summed E-state index contributed by atoms with van der Waals surface area (Å²) >= 11 is 3.20. The highest BCUT2D eigenvalue weighted by molar-refractivity contribution is 9.10. The lowest BCUT2D eigenvalue weighted by atomic mass is 10.1. The van der Waals surface area contributed by atoms with E-state index in [9.17, 15) is 9.18 Å². The summed E-state index contributed by atoms with van der Waals surface area (Å²) in [6, 6.07) is 2.78. The second-order valence-electron chi connectivity index (χ2n) is 3.04. The molecule has 0 atom stereocenters. The summed E-state index contributed by atoms with van der Waals surface area (Å²) in [6.07, 6.45) is 1.29. The van der Waals surface area contributed by atoms with Crippen molar-refractivity contribution in [1.82, 2.24) is 0 Å². The normalized spacial score (nSPS) is 13.9. The molecule has 5 heteroatoms. The van der Waals surface area contributed by atoms with Crippen LogP contribution < -0.4 is 4.74 Å². The van der Waals surface area contributed by atoms with Gasteiger partial charge in [0, 0.05) is 0 Å². The van der Waals surface area contributed by atoms with Crippen LogP contribution in [0.25, 0.3) is 6.08 Å². The number of hydrogen-bond acceptors (Lipinski definition) is 2. The van der Waals surface area contributed by atoms with Crippen molar-refractivity contribution >= 4 is 28.0 Å². The zero-order valence-corrected chi connectivity index (χ0v) is 9.04. The minimum absolute atomic E-state index is 0.0412. The Labute approximate surface area is 93.3 Å². The van der Waals surface area contributed by atoms with E-state index in [4.69, 9.17) is 9.84 Å². The van der Waals surface area contributed by atoms with E-state index in [-0.39, 0.29) is 17.7 Å². The van der Waals surface area contributed by atoms with E-state index in [0.717, 1.165) is 0 Å². The van der Waals surface area contributed by atoms with E-state index < -0.39 is 11.8 Å². The lowest BCUT2D eigenvalue weighted by Crippen LogP contribution is -2.15. The van der Waals surface area contributed by atoms with Gasteiger partial charge in [-0.25, -0.2) is 9.18 Å². The summed E-state index contributed by atoms with van der Waals surface area (Å²) in [4.78, 5) is 10.7. The zero-order chi connectivity index (χ0) is 11.0. The molecule has 0 spiro atoms. The van der Waals surface area contributed by atoms with Gasteiger partial charge in [-0.3, -0.25) is 0 Å². The molecule has 1 aromatic carbocycles. The van der Waals surface area contributed by atoms with Gasteiger partial charge in [-0.15, -0.1) is 0 Å². The summed E-state index contributed by atoms with van der Waals surface area (Å²) in [7, 11) is 0. The number of carboxylic acid groups (broad SMARTS) is 1. The summed E-state index contributed by atoms with van der Waals surface area (Å²) in [6.45, 7) is -0.0512. The molecule has 1 aromatic rings. The van der Waals surface area contributed by atoms with Crippen LogP contribution in [0.4, 0.5) is 4.39 Å². The second-order valence-corrected chi connectivity index (χ2v) is 3.89. The number of ether oxygens (including phenoxy) is 1. The molecule has 1 N–H and O–H groups in total. The van der Waals surface area contributed by atoms with Gasteiger partial charge in [0.1, 0.15) is 18.2 Å². The molecular formula is C10H6BrFO3. The first-order chi connectivity index (χ1) is 7.09. The van der Waals surface area contributed by atoms with Crippen LogP contribution in [0.1, 0.15) is 5.56 Å². The summed E-state index contributed by atoms with van der Waals surface area (Å²) in [5.41, 5.74) is 0.215. The van der Waals surface area contributed by atoms with Gasteiger partial charge in [0.05, 0.1) is 15.6 Å². The van der Waals surface area contributed by atoms with E-state index in [1.54, 1.807) is 0 Å². The van der Waals surface area contributed by atoms with Crippen molar-refractivity contribution in [2.45, 2.75) is 0 Å². The lowest BCUT2D eigenvalue weighted by molar-refractivity contribution is -0.132. The van der Waals surface area contributed by atoms with E-state index >= 15 is 0 Å². The zero-order valence-electron chi connectivity index (χ0n) is 7.46. The molecule has 0 aliphatic carbocycles. The van der Waals surface area contributed by atoms with Crippen LogP contribution in [0.15, 0.2) is 22.2 Å². The Balaban J connectivity index is 2.59. The van der Waals surface area contributed by atoms with Crippen molar-refractivity contribution in [3.63, 3.8) is 0 Å². The predicted molar refractivity (Wildman–Crippen MR) is 55.2 cm³/mol. The number of aliphatic carboxylic acids is 1. The number of rotatable bonds is 1. The number of halogens is 2. The molecule has 0 saturated carbocycles. The molecule has 2 rings (SSSR count). The number of carboxylic acids is 1. The van der Waals surface area contributed by atoms with Gasteiger partial charge in [-0.1, -0.05) is 0 Å². The van der Waals surface area contributed by atoms with Crippen LogP contribution in [0.2, 0.25) is 0 Å². The van der Waals surface area contributed by atoms with Gasteiger partial charge in [0.25, 0.3) is 0 Å². The minimum atomic E-state index is -1.10. The number of benzene rings is 1. The fraction of sp³-hybridized carbons (Fsp3) is 0.100. The molecule has 0 fully saturated rings. The summed E-state index contributed by atoms with van der Waals surface area (Å²) in [5, 5.41) is 8.74. The molecule has 0 amide bonds. The fourth-order valence-electron chi connectivity index (χ4n) is 1.32. The standard InChI is InChI=1S/C10H6BrFO3/c11-7-1-2-8(12)6-3-5(10(13)14)4-15-9(6)7/h1-3H,4H2,(H,13,14). The van der Waals surface area contributed by atoms with Crippen molar-refractivity contribution < 1.29 is 19.0 Å². The van der Waals surface area contributed by atoms with Crippen molar-refractivity contribution in [2.24, 2.45) is 0 Å².